The Morgan fingerprint density at radius 3 is 2.57 bits per heavy atom. The van der Waals surface area contributed by atoms with E-state index in [1.807, 2.05) is 0 Å². The third kappa shape index (κ3) is 5.14. The van der Waals surface area contributed by atoms with Crippen molar-refractivity contribution < 1.29 is 23.0 Å². The number of ether oxygens (including phenoxy) is 1. The van der Waals surface area contributed by atoms with Gasteiger partial charge in [0.15, 0.2) is 0 Å². The molecule has 118 valence electrons. The standard InChI is InChI=1S/C14H21FNO4P/c1-5-19-14(17)11(4)16-21(18,10(2)3)20-13-8-6-7-12(15)9-13/h6-11H,5H2,1-4H3,(H,16,18)/t11-,21+/m0/s1. The minimum Gasteiger partial charge on any atom is -0.465 e. The van der Waals surface area contributed by atoms with Crippen LogP contribution in [0, 0.1) is 5.82 Å². The predicted octanol–water partition coefficient (Wildman–Crippen LogP) is 3.35. The maximum Gasteiger partial charge on any atom is 0.323 e. The van der Waals surface area contributed by atoms with Gasteiger partial charge in [-0.25, -0.2) is 9.48 Å². The smallest absolute Gasteiger partial charge is 0.323 e. The molecular formula is C14H21FNO4P. The number of hydrogen-bond donors (Lipinski definition) is 1. The van der Waals surface area contributed by atoms with Crippen LogP contribution in [-0.4, -0.2) is 24.3 Å². The molecule has 0 unspecified atom stereocenters. The first kappa shape index (κ1) is 17.7. The molecule has 7 heteroatoms. The number of hydrogen-bond acceptors (Lipinski definition) is 4. The van der Waals surface area contributed by atoms with Crippen molar-refractivity contribution in [3.63, 3.8) is 0 Å². The van der Waals surface area contributed by atoms with Gasteiger partial charge < -0.3 is 9.26 Å². The molecule has 0 bridgehead atoms. The van der Waals surface area contributed by atoms with Crippen LogP contribution in [0.5, 0.6) is 5.75 Å². The van der Waals surface area contributed by atoms with Gasteiger partial charge in [-0.3, -0.25) is 9.36 Å². The van der Waals surface area contributed by atoms with Crippen molar-refractivity contribution in [1.82, 2.24) is 5.09 Å². The molecule has 1 aromatic carbocycles. The number of carbonyl (C=O) groups excluding carboxylic acids is 1. The Hall–Kier alpha value is -1.39. The Morgan fingerprint density at radius 2 is 2.05 bits per heavy atom. The molecule has 5 nitrogen and oxygen atoms in total. The summed E-state index contributed by atoms with van der Waals surface area (Å²) in [5.74, 6) is -0.849. The highest BCUT2D eigenvalue weighted by atomic mass is 31.2. The third-order valence-electron chi connectivity index (χ3n) is 2.73. The molecule has 0 saturated carbocycles. The molecule has 21 heavy (non-hydrogen) atoms. The fourth-order valence-corrected chi connectivity index (χ4v) is 3.18. The maximum atomic E-state index is 13.2. The SMILES string of the molecule is CCOC(=O)[C@H](C)N[P@](=O)(Oc1cccc(F)c1)C(C)C. The van der Waals surface area contributed by atoms with Gasteiger partial charge in [0.25, 0.3) is 0 Å². The van der Waals surface area contributed by atoms with Crippen LogP contribution in [0.1, 0.15) is 27.7 Å². The minimum atomic E-state index is -3.38. The molecule has 0 fully saturated rings. The molecule has 1 rings (SSSR count). The molecular weight excluding hydrogens is 296 g/mol. The Balaban J connectivity index is 2.88. The lowest BCUT2D eigenvalue weighted by Crippen LogP contribution is -2.36. The van der Waals surface area contributed by atoms with Gasteiger partial charge in [0.2, 0.25) is 0 Å². The van der Waals surface area contributed by atoms with Crippen molar-refractivity contribution in [2.75, 3.05) is 6.61 Å². The average Bonchev–Trinajstić information content (AvgIpc) is 2.38. The molecule has 0 aliphatic carbocycles. The third-order valence-corrected chi connectivity index (χ3v) is 5.32. The van der Waals surface area contributed by atoms with Gasteiger partial charge in [0.1, 0.15) is 17.6 Å². The van der Waals surface area contributed by atoms with Gasteiger partial charge in [-0.15, -0.1) is 0 Å². The number of carbonyl (C=O) groups is 1. The van der Waals surface area contributed by atoms with Crippen molar-refractivity contribution in [2.24, 2.45) is 0 Å². The van der Waals surface area contributed by atoms with Crippen molar-refractivity contribution in [2.45, 2.75) is 39.4 Å². The molecule has 1 N–H and O–H groups in total. The molecule has 0 amide bonds. The first-order valence-corrected chi connectivity index (χ1v) is 8.47. The molecule has 0 aliphatic heterocycles. The van der Waals surface area contributed by atoms with Gasteiger partial charge in [-0.1, -0.05) is 19.9 Å². The van der Waals surface area contributed by atoms with Crippen molar-refractivity contribution >= 4 is 13.5 Å². The predicted molar refractivity (Wildman–Crippen MR) is 79.0 cm³/mol. The van der Waals surface area contributed by atoms with Crippen LogP contribution in [0.3, 0.4) is 0 Å². The topological polar surface area (TPSA) is 64.6 Å². The van der Waals surface area contributed by atoms with E-state index in [9.17, 15) is 13.8 Å². The van der Waals surface area contributed by atoms with E-state index in [1.54, 1.807) is 27.7 Å². The second-order valence-corrected chi connectivity index (χ2v) is 7.51. The summed E-state index contributed by atoms with van der Waals surface area (Å²) in [6.07, 6.45) is 0. The van der Waals surface area contributed by atoms with Gasteiger partial charge in [-0.05, 0) is 26.0 Å². The van der Waals surface area contributed by atoms with Crippen LogP contribution in [-0.2, 0) is 14.1 Å². The average molecular weight is 317 g/mol. The Kier molecular flexibility index (Phi) is 6.37. The fraction of sp³-hybridized carbons (Fsp3) is 0.500. The molecule has 0 radical (unpaired) electrons. The van der Waals surface area contributed by atoms with Crippen LogP contribution in [0.4, 0.5) is 4.39 Å². The molecule has 2 atom stereocenters. The highest BCUT2D eigenvalue weighted by molar-refractivity contribution is 7.58. The summed E-state index contributed by atoms with van der Waals surface area (Å²) in [7, 11) is -3.38. The monoisotopic (exact) mass is 317 g/mol. The Labute approximate surface area is 124 Å². The number of benzene rings is 1. The van der Waals surface area contributed by atoms with Crippen molar-refractivity contribution in [1.29, 1.82) is 0 Å². The quantitative estimate of drug-likeness (QED) is 0.617. The number of rotatable bonds is 7. The lowest BCUT2D eigenvalue weighted by atomic mass is 10.3. The fourth-order valence-electron chi connectivity index (χ4n) is 1.55. The Morgan fingerprint density at radius 1 is 1.38 bits per heavy atom. The van der Waals surface area contributed by atoms with Crippen LogP contribution < -0.4 is 9.61 Å². The van der Waals surface area contributed by atoms with E-state index in [0.717, 1.165) is 6.07 Å². The van der Waals surface area contributed by atoms with Gasteiger partial charge in [-0.2, -0.15) is 0 Å². The van der Waals surface area contributed by atoms with E-state index in [2.05, 4.69) is 5.09 Å². The highest BCUT2D eigenvalue weighted by Gasteiger charge is 2.33. The lowest BCUT2D eigenvalue weighted by Gasteiger charge is -2.26. The second kappa shape index (κ2) is 7.57. The summed E-state index contributed by atoms with van der Waals surface area (Å²) in [5, 5.41) is 2.68. The summed E-state index contributed by atoms with van der Waals surface area (Å²) in [4.78, 5) is 11.6. The summed E-state index contributed by atoms with van der Waals surface area (Å²) in [6, 6.07) is 4.60. The molecule has 0 heterocycles. The van der Waals surface area contributed by atoms with Crippen molar-refractivity contribution in [3.8, 4) is 5.75 Å². The number of nitrogens with one attached hydrogen (secondary N) is 1. The van der Waals surface area contributed by atoms with E-state index in [4.69, 9.17) is 9.26 Å². The summed E-state index contributed by atoms with van der Waals surface area (Å²) in [6.45, 7) is 6.87. The minimum absolute atomic E-state index is 0.149. The summed E-state index contributed by atoms with van der Waals surface area (Å²) < 4.78 is 36.3. The largest absolute Gasteiger partial charge is 0.465 e. The Bertz CT molecular complexity index is 535. The highest BCUT2D eigenvalue weighted by Crippen LogP contribution is 2.48. The first-order chi connectivity index (χ1) is 9.78. The summed E-state index contributed by atoms with van der Waals surface area (Å²) >= 11 is 0. The number of esters is 1. The second-order valence-electron chi connectivity index (χ2n) is 4.84. The van der Waals surface area contributed by atoms with Gasteiger partial charge in [0.05, 0.1) is 12.3 Å². The summed E-state index contributed by atoms with van der Waals surface area (Å²) in [5.41, 5.74) is -0.391. The van der Waals surface area contributed by atoms with E-state index >= 15 is 0 Å². The number of halogens is 1. The molecule has 0 aliphatic rings. The van der Waals surface area contributed by atoms with E-state index in [-0.39, 0.29) is 12.4 Å². The van der Waals surface area contributed by atoms with Gasteiger partial charge in [0, 0.05) is 6.07 Å². The molecule has 0 saturated heterocycles. The van der Waals surface area contributed by atoms with E-state index < -0.39 is 31.0 Å². The zero-order chi connectivity index (χ0) is 16.0. The zero-order valence-electron chi connectivity index (χ0n) is 12.6. The van der Waals surface area contributed by atoms with Crippen molar-refractivity contribution in [3.05, 3.63) is 30.1 Å². The molecule has 1 aromatic rings. The molecule has 0 aromatic heterocycles. The normalized spacial score (nSPS) is 15.3. The van der Waals surface area contributed by atoms with Crippen LogP contribution in [0.15, 0.2) is 24.3 Å². The van der Waals surface area contributed by atoms with Crippen LogP contribution in [0.2, 0.25) is 0 Å². The zero-order valence-corrected chi connectivity index (χ0v) is 13.5. The maximum absolute atomic E-state index is 13.2. The molecule has 0 spiro atoms. The van der Waals surface area contributed by atoms with E-state index in [1.165, 1.54) is 18.2 Å². The lowest BCUT2D eigenvalue weighted by molar-refractivity contribution is -0.144. The van der Waals surface area contributed by atoms with Crippen LogP contribution in [0.25, 0.3) is 0 Å². The van der Waals surface area contributed by atoms with Crippen LogP contribution >= 0.6 is 7.52 Å². The van der Waals surface area contributed by atoms with Gasteiger partial charge >= 0.3 is 13.5 Å². The van der Waals surface area contributed by atoms with E-state index in [0.29, 0.717) is 0 Å². The first-order valence-electron chi connectivity index (χ1n) is 6.77.